The third kappa shape index (κ3) is 2.73. The molecule has 1 N–H and O–H groups in total. The van der Waals surface area contributed by atoms with Crippen LogP contribution in [0.25, 0.3) is 0 Å². The lowest BCUT2D eigenvalue weighted by atomic mass is 10.1. The maximum atomic E-state index is 13.4. The normalized spacial score (nSPS) is 11.5. The van der Waals surface area contributed by atoms with E-state index in [-0.39, 0.29) is 0 Å². The maximum absolute atomic E-state index is 13.4. The fraction of sp³-hybridized carbons (Fsp3) is 0.0667. The van der Waals surface area contributed by atoms with Gasteiger partial charge in [0.05, 0.1) is 5.56 Å². The Balaban J connectivity index is 2.28. The number of hydrogen-bond acceptors (Lipinski definition) is 1. The van der Waals surface area contributed by atoms with E-state index in [9.17, 15) is 13.9 Å². The summed E-state index contributed by atoms with van der Waals surface area (Å²) in [5.41, 5.74) is 0.259. The van der Waals surface area contributed by atoms with Crippen LogP contribution in [0.5, 0.6) is 0 Å². The number of aliphatic hydroxyl groups is 1. The largest absolute Gasteiger partial charge is 0.376 e. The van der Waals surface area contributed by atoms with E-state index < -0.39 is 23.3 Å². The molecule has 18 heavy (non-hydrogen) atoms. The van der Waals surface area contributed by atoms with Gasteiger partial charge in [-0.2, -0.15) is 0 Å². The Morgan fingerprint density at radius 2 is 1.50 bits per heavy atom. The van der Waals surface area contributed by atoms with Gasteiger partial charge in [-0.05, 0) is 24.3 Å². The van der Waals surface area contributed by atoms with Crippen LogP contribution in [0.4, 0.5) is 8.78 Å². The van der Waals surface area contributed by atoms with E-state index in [1.165, 1.54) is 6.07 Å². The molecule has 0 bridgehead atoms. The topological polar surface area (TPSA) is 20.2 Å². The summed E-state index contributed by atoms with van der Waals surface area (Å²) in [4.78, 5) is 0. The summed E-state index contributed by atoms with van der Waals surface area (Å²) >= 11 is 0. The van der Waals surface area contributed by atoms with Crippen LogP contribution < -0.4 is 0 Å². The number of halogens is 2. The summed E-state index contributed by atoms with van der Waals surface area (Å²) in [6.45, 7) is 0. The quantitative estimate of drug-likeness (QED) is 0.764. The molecule has 0 aliphatic rings. The van der Waals surface area contributed by atoms with Gasteiger partial charge in [0.2, 0.25) is 0 Å². The van der Waals surface area contributed by atoms with Crippen LogP contribution in [-0.2, 0) is 0 Å². The van der Waals surface area contributed by atoms with Gasteiger partial charge in [0, 0.05) is 5.56 Å². The van der Waals surface area contributed by atoms with E-state index in [4.69, 9.17) is 0 Å². The number of aliphatic hydroxyl groups excluding tert-OH is 1. The molecular formula is C15H10F2O. The summed E-state index contributed by atoms with van der Waals surface area (Å²) in [6, 6.07) is 12.3. The molecule has 0 radical (unpaired) electrons. The Hall–Kier alpha value is -2.18. The van der Waals surface area contributed by atoms with Crippen molar-refractivity contribution < 1.29 is 13.9 Å². The molecule has 0 aliphatic heterocycles. The molecule has 0 unspecified atom stereocenters. The van der Waals surface area contributed by atoms with E-state index >= 15 is 0 Å². The average molecular weight is 244 g/mol. The summed E-state index contributed by atoms with van der Waals surface area (Å²) in [6.07, 6.45) is -1.48. The number of hydrogen-bond donors (Lipinski definition) is 1. The summed E-state index contributed by atoms with van der Waals surface area (Å²) < 4.78 is 26.7. The maximum Gasteiger partial charge on any atom is 0.146 e. The van der Waals surface area contributed by atoms with Crippen molar-refractivity contribution in [2.75, 3.05) is 0 Å². The van der Waals surface area contributed by atoms with E-state index in [1.807, 2.05) is 6.07 Å². The lowest BCUT2D eigenvalue weighted by Gasteiger charge is -2.06. The van der Waals surface area contributed by atoms with E-state index in [2.05, 4.69) is 11.8 Å². The van der Waals surface area contributed by atoms with Crippen molar-refractivity contribution in [3.63, 3.8) is 0 Å². The highest BCUT2D eigenvalue weighted by Gasteiger charge is 2.15. The van der Waals surface area contributed by atoms with Crippen molar-refractivity contribution >= 4 is 0 Å². The van der Waals surface area contributed by atoms with Crippen LogP contribution >= 0.6 is 0 Å². The molecule has 90 valence electrons. The smallest absolute Gasteiger partial charge is 0.146 e. The molecule has 2 aromatic rings. The summed E-state index contributed by atoms with van der Waals surface area (Å²) in [7, 11) is 0. The first-order chi connectivity index (χ1) is 8.68. The van der Waals surface area contributed by atoms with Gasteiger partial charge < -0.3 is 5.11 Å². The minimum atomic E-state index is -1.48. The zero-order valence-corrected chi connectivity index (χ0v) is 9.40. The molecule has 0 aromatic heterocycles. The predicted octanol–water partition coefficient (Wildman–Crippen LogP) is 3.05. The van der Waals surface area contributed by atoms with Crippen LogP contribution in [-0.4, -0.2) is 5.11 Å². The van der Waals surface area contributed by atoms with Gasteiger partial charge in [0.1, 0.15) is 17.7 Å². The molecule has 0 fully saturated rings. The summed E-state index contributed by atoms with van der Waals surface area (Å²) in [5, 5.41) is 9.69. The lowest BCUT2D eigenvalue weighted by molar-refractivity contribution is 0.226. The fourth-order valence-corrected chi connectivity index (χ4v) is 1.52. The van der Waals surface area contributed by atoms with Gasteiger partial charge in [-0.15, -0.1) is 0 Å². The molecule has 0 saturated heterocycles. The standard InChI is InChI=1S/C15H10F2O/c16-12-7-4-8-13(17)15(12)14(18)10-9-11-5-2-1-3-6-11/h1-8,14,18H/t14-/m1/s1. The third-order valence-corrected chi connectivity index (χ3v) is 2.40. The molecule has 2 aromatic carbocycles. The highest BCUT2D eigenvalue weighted by atomic mass is 19.1. The first-order valence-corrected chi connectivity index (χ1v) is 5.37. The van der Waals surface area contributed by atoms with Gasteiger partial charge >= 0.3 is 0 Å². The van der Waals surface area contributed by atoms with Crippen molar-refractivity contribution in [3.05, 3.63) is 71.3 Å². The van der Waals surface area contributed by atoms with E-state index in [0.29, 0.717) is 5.56 Å². The number of rotatable bonds is 1. The zero-order valence-electron chi connectivity index (χ0n) is 9.40. The van der Waals surface area contributed by atoms with Gasteiger partial charge in [-0.1, -0.05) is 36.1 Å². The first kappa shape index (κ1) is 12.3. The molecule has 0 spiro atoms. The molecule has 0 aliphatic carbocycles. The van der Waals surface area contributed by atoms with Crippen LogP contribution in [0.1, 0.15) is 17.2 Å². The van der Waals surface area contributed by atoms with Crippen LogP contribution in [0.15, 0.2) is 48.5 Å². The molecule has 0 saturated carbocycles. The Bertz CT molecular complexity index is 577. The molecular weight excluding hydrogens is 234 g/mol. The average Bonchev–Trinajstić information content (AvgIpc) is 2.37. The Morgan fingerprint density at radius 1 is 0.889 bits per heavy atom. The second-order valence-electron chi connectivity index (χ2n) is 3.67. The van der Waals surface area contributed by atoms with Gasteiger partial charge in [-0.25, -0.2) is 8.78 Å². The Kier molecular flexibility index (Phi) is 3.71. The van der Waals surface area contributed by atoms with Gasteiger partial charge in [-0.3, -0.25) is 0 Å². The minimum absolute atomic E-state index is 0.416. The van der Waals surface area contributed by atoms with Gasteiger partial charge in [0.25, 0.3) is 0 Å². The summed E-state index contributed by atoms with van der Waals surface area (Å²) in [5.74, 6) is 3.48. The van der Waals surface area contributed by atoms with Crippen molar-refractivity contribution in [1.82, 2.24) is 0 Å². The minimum Gasteiger partial charge on any atom is -0.376 e. The second-order valence-corrected chi connectivity index (χ2v) is 3.67. The molecule has 1 atom stereocenters. The van der Waals surface area contributed by atoms with Crippen LogP contribution in [0, 0.1) is 23.5 Å². The monoisotopic (exact) mass is 244 g/mol. The molecule has 2 rings (SSSR count). The Labute approximate surface area is 104 Å². The lowest BCUT2D eigenvalue weighted by Crippen LogP contribution is -2.01. The number of benzene rings is 2. The van der Waals surface area contributed by atoms with Crippen molar-refractivity contribution in [2.45, 2.75) is 6.10 Å². The zero-order chi connectivity index (χ0) is 13.0. The van der Waals surface area contributed by atoms with Crippen molar-refractivity contribution in [3.8, 4) is 11.8 Å². The van der Waals surface area contributed by atoms with Crippen LogP contribution in [0.3, 0.4) is 0 Å². The van der Waals surface area contributed by atoms with Crippen molar-refractivity contribution in [1.29, 1.82) is 0 Å². The highest BCUT2D eigenvalue weighted by molar-refractivity contribution is 5.37. The second kappa shape index (κ2) is 5.44. The molecule has 3 heteroatoms. The first-order valence-electron chi connectivity index (χ1n) is 5.37. The van der Waals surface area contributed by atoms with Gasteiger partial charge in [0.15, 0.2) is 0 Å². The Morgan fingerprint density at radius 3 is 2.11 bits per heavy atom. The third-order valence-electron chi connectivity index (χ3n) is 2.40. The van der Waals surface area contributed by atoms with E-state index in [1.54, 1.807) is 24.3 Å². The van der Waals surface area contributed by atoms with Crippen LogP contribution in [0.2, 0.25) is 0 Å². The fourth-order valence-electron chi connectivity index (χ4n) is 1.52. The molecule has 0 amide bonds. The highest BCUT2D eigenvalue weighted by Crippen LogP contribution is 2.19. The van der Waals surface area contributed by atoms with Crippen molar-refractivity contribution in [2.24, 2.45) is 0 Å². The SMILES string of the molecule is O[C@H](C#Cc1ccccc1)c1c(F)cccc1F. The predicted molar refractivity (Wildman–Crippen MR) is 64.6 cm³/mol. The van der Waals surface area contributed by atoms with E-state index in [0.717, 1.165) is 12.1 Å². The molecule has 0 heterocycles. The molecule has 1 nitrogen and oxygen atoms in total.